The average Bonchev–Trinajstić information content (AvgIpc) is 2.33. The average molecular weight is 302 g/mol. The monoisotopic (exact) mass is 301 g/mol. The van der Waals surface area contributed by atoms with E-state index in [4.69, 9.17) is 11.6 Å². The molecule has 2 rings (SSSR count). The van der Waals surface area contributed by atoms with Gasteiger partial charge < -0.3 is 0 Å². The second-order valence-electron chi connectivity index (χ2n) is 5.48. The predicted octanol–water partition coefficient (Wildman–Crippen LogP) is 3.38. The Balaban J connectivity index is 2.42. The maximum absolute atomic E-state index is 12.7. The third-order valence-corrected chi connectivity index (χ3v) is 6.11. The van der Waals surface area contributed by atoms with Crippen molar-refractivity contribution in [1.82, 2.24) is 4.31 Å². The van der Waals surface area contributed by atoms with E-state index in [0.29, 0.717) is 34.5 Å². The Morgan fingerprint density at radius 2 is 1.95 bits per heavy atom. The summed E-state index contributed by atoms with van der Waals surface area (Å²) in [6.07, 6.45) is 2.04. The zero-order valence-electron chi connectivity index (χ0n) is 11.6. The first-order valence-corrected chi connectivity index (χ1v) is 8.41. The molecule has 1 atom stereocenters. The molecule has 0 radical (unpaired) electrons. The van der Waals surface area contributed by atoms with Gasteiger partial charge in [0, 0.05) is 18.1 Å². The number of halogens is 1. The van der Waals surface area contributed by atoms with E-state index >= 15 is 0 Å². The molecule has 1 aromatic carbocycles. The smallest absolute Gasteiger partial charge is 0.207 e. The minimum Gasteiger partial charge on any atom is -0.207 e. The van der Waals surface area contributed by atoms with Gasteiger partial charge in [0.25, 0.3) is 0 Å². The minimum atomic E-state index is -3.39. The molecule has 1 aliphatic rings. The third-order valence-electron chi connectivity index (χ3n) is 3.69. The van der Waals surface area contributed by atoms with Crippen LogP contribution in [0.3, 0.4) is 0 Å². The lowest BCUT2D eigenvalue weighted by molar-refractivity contribution is 0.281. The molecule has 1 aromatic rings. The molecule has 1 fully saturated rings. The Kier molecular flexibility index (Phi) is 4.23. The molecule has 19 heavy (non-hydrogen) atoms. The quantitative estimate of drug-likeness (QED) is 0.840. The summed E-state index contributed by atoms with van der Waals surface area (Å²) < 4.78 is 27.0. The second kappa shape index (κ2) is 5.43. The summed E-state index contributed by atoms with van der Waals surface area (Å²) >= 11 is 6.04. The summed E-state index contributed by atoms with van der Waals surface area (Å²) in [6.45, 7) is 6.96. The van der Waals surface area contributed by atoms with Crippen LogP contribution in [0.25, 0.3) is 0 Å². The van der Waals surface area contributed by atoms with Gasteiger partial charge in [-0.25, -0.2) is 8.42 Å². The van der Waals surface area contributed by atoms with Crippen molar-refractivity contribution in [2.75, 3.05) is 13.1 Å². The normalized spacial score (nSPS) is 21.6. The maximum atomic E-state index is 12.7. The molecule has 0 aliphatic carbocycles. The van der Waals surface area contributed by atoms with Crippen LogP contribution in [0.2, 0.25) is 5.02 Å². The van der Waals surface area contributed by atoms with Crippen LogP contribution in [0.4, 0.5) is 0 Å². The van der Waals surface area contributed by atoms with Gasteiger partial charge in [-0.1, -0.05) is 18.5 Å². The Morgan fingerprint density at radius 3 is 2.58 bits per heavy atom. The van der Waals surface area contributed by atoms with Crippen molar-refractivity contribution in [2.24, 2.45) is 5.92 Å². The van der Waals surface area contributed by atoms with E-state index in [1.807, 2.05) is 6.92 Å². The summed E-state index contributed by atoms with van der Waals surface area (Å²) in [5.74, 6) is 0.428. The van der Waals surface area contributed by atoms with Crippen LogP contribution >= 0.6 is 11.6 Å². The van der Waals surface area contributed by atoms with Crippen LogP contribution in [0, 0.1) is 19.8 Å². The first kappa shape index (κ1) is 14.8. The van der Waals surface area contributed by atoms with Crippen molar-refractivity contribution >= 4 is 21.6 Å². The lowest BCUT2D eigenvalue weighted by Crippen LogP contribution is -2.39. The van der Waals surface area contributed by atoms with Crippen molar-refractivity contribution in [3.63, 3.8) is 0 Å². The molecule has 3 nitrogen and oxygen atoms in total. The lowest BCUT2D eigenvalue weighted by atomic mass is 10.0. The van der Waals surface area contributed by atoms with Crippen LogP contribution in [0.1, 0.15) is 30.9 Å². The van der Waals surface area contributed by atoms with Gasteiger partial charge in [-0.05, 0) is 55.9 Å². The number of piperidine rings is 1. The molecule has 0 bridgehead atoms. The molecular formula is C14H20ClNO2S. The highest BCUT2D eigenvalue weighted by Crippen LogP contribution is 2.28. The van der Waals surface area contributed by atoms with Crippen LogP contribution in [0.15, 0.2) is 17.0 Å². The zero-order chi connectivity index (χ0) is 14.2. The molecule has 0 N–H and O–H groups in total. The van der Waals surface area contributed by atoms with Gasteiger partial charge in [-0.15, -0.1) is 0 Å². The van der Waals surface area contributed by atoms with E-state index in [1.165, 1.54) is 0 Å². The summed E-state index contributed by atoms with van der Waals surface area (Å²) in [5, 5.41) is 0.614. The fourth-order valence-electron chi connectivity index (χ4n) is 2.54. The molecular weight excluding hydrogens is 282 g/mol. The molecule has 0 unspecified atom stereocenters. The largest absolute Gasteiger partial charge is 0.243 e. The molecule has 0 amide bonds. The third kappa shape index (κ3) is 2.96. The maximum Gasteiger partial charge on any atom is 0.243 e. The van der Waals surface area contributed by atoms with Crippen molar-refractivity contribution in [3.05, 3.63) is 28.3 Å². The molecule has 1 heterocycles. The molecule has 0 aromatic heterocycles. The van der Waals surface area contributed by atoms with Crippen molar-refractivity contribution in [1.29, 1.82) is 0 Å². The fourth-order valence-corrected chi connectivity index (χ4v) is 4.64. The second-order valence-corrected chi connectivity index (χ2v) is 7.79. The number of benzene rings is 1. The number of hydrogen-bond donors (Lipinski definition) is 0. The van der Waals surface area contributed by atoms with Gasteiger partial charge in [0.05, 0.1) is 4.90 Å². The van der Waals surface area contributed by atoms with E-state index < -0.39 is 10.0 Å². The molecule has 5 heteroatoms. The SMILES string of the molecule is Cc1cc(S(=O)(=O)N2CCC[C@@H](C)C2)c(C)cc1Cl. The van der Waals surface area contributed by atoms with Gasteiger partial charge in [0.1, 0.15) is 0 Å². The Labute approximate surface area is 120 Å². The van der Waals surface area contributed by atoms with Gasteiger partial charge >= 0.3 is 0 Å². The zero-order valence-corrected chi connectivity index (χ0v) is 13.2. The summed E-state index contributed by atoms with van der Waals surface area (Å²) in [7, 11) is -3.39. The molecule has 0 saturated carbocycles. The number of rotatable bonds is 2. The first-order chi connectivity index (χ1) is 8.82. The minimum absolute atomic E-state index is 0.392. The predicted molar refractivity (Wildman–Crippen MR) is 78.1 cm³/mol. The fraction of sp³-hybridized carbons (Fsp3) is 0.571. The van der Waals surface area contributed by atoms with Crippen LogP contribution in [0.5, 0.6) is 0 Å². The summed E-state index contributed by atoms with van der Waals surface area (Å²) in [6, 6.07) is 3.42. The molecule has 106 valence electrons. The number of sulfonamides is 1. The highest BCUT2D eigenvalue weighted by Gasteiger charge is 2.30. The van der Waals surface area contributed by atoms with E-state index in [1.54, 1.807) is 23.4 Å². The Bertz CT molecular complexity index is 583. The highest BCUT2D eigenvalue weighted by atomic mass is 35.5. The number of hydrogen-bond acceptors (Lipinski definition) is 2. The van der Waals surface area contributed by atoms with Crippen molar-refractivity contribution < 1.29 is 8.42 Å². The van der Waals surface area contributed by atoms with E-state index in [9.17, 15) is 8.42 Å². The van der Waals surface area contributed by atoms with E-state index in [2.05, 4.69) is 6.92 Å². The van der Waals surface area contributed by atoms with Crippen LogP contribution in [-0.2, 0) is 10.0 Å². The topological polar surface area (TPSA) is 37.4 Å². The van der Waals surface area contributed by atoms with E-state index in [0.717, 1.165) is 18.4 Å². The van der Waals surface area contributed by atoms with Crippen LogP contribution in [-0.4, -0.2) is 25.8 Å². The Hall–Kier alpha value is -0.580. The van der Waals surface area contributed by atoms with Gasteiger partial charge in [-0.2, -0.15) is 4.31 Å². The Morgan fingerprint density at radius 1 is 1.26 bits per heavy atom. The standard InChI is InChI=1S/C14H20ClNO2S/c1-10-5-4-6-16(9-10)19(17,18)14-8-11(2)13(15)7-12(14)3/h7-8,10H,4-6,9H2,1-3H3/t10-/m1/s1. The van der Waals surface area contributed by atoms with Gasteiger partial charge in [0.15, 0.2) is 0 Å². The lowest BCUT2D eigenvalue weighted by Gasteiger charge is -2.30. The van der Waals surface area contributed by atoms with Crippen molar-refractivity contribution in [2.45, 2.75) is 38.5 Å². The van der Waals surface area contributed by atoms with E-state index in [-0.39, 0.29) is 0 Å². The van der Waals surface area contributed by atoms with Gasteiger partial charge in [-0.3, -0.25) is 0 Å². The number of nitrogens with zero attached hydrogens (tertiary/aromatic N) is 1. The molecule has 1 aliphatic heterocycles. The summed E-state index contributed by atoms with van der Waals surface area (Å²) in [5.41, 5.74) is 1.52. The van der Waals surface area contributed by atoms with Crippen LogP contribution < -0.4 is 0 Å². The molecule has 1 saturated heterocycles. The summed E-state index contributed by atoms with van der Waals surface area (Å²) in [4.78, 5) is 0.392. The van der Waals surface area contributed by atoms with Gasteiger partial charge in [0.2, 0.25) is 10.0 Å². The number of aryl methyl sites for hydroxylation is 2. The van der Waals surface area contributed by atoms with Crippen molar-refractivity contribution in [3.8, 4) is 0 Å². The first-order valence-electron chi connectivity index (χ1n) is 6.59. The molecule has 0 spiro atoms. The highest BCUT2D eigenvalue weighted by molar-refractivity contribution is 7.89.